The van der Waals surface area contributed by atoms with Gasteiger partial charge in [0.25, 0.3) is 0 Å². The fourth-order valence-corrected chi connectivity index (χ4v) is 4.41. The first-order valence-electron chi connectivity index (χ1n) is 9.10. The Hall–Kier alpha value is -2.96. The molecule has 1 fully saturated rings. The standard InChI is InChI=1S/C18H16ClN7O3S2/c19-10-1-3-12(4-2-10)26-13(7-11-8-14(27)22-16(29)21-11)24-25-18(26)31-9-15(28)23-17-20-5-6-30-17/h1-6,11H,7-9H2,(H,20,23,28)(H2,21,22,27,29). The van der Waals surface area contributed by atoms with Crippen molar-refractivity contribution < 1.29 is 14.4 Å². The molecule has 160 valence electrons. The number of aromatic nitrogens is 4. The number of benzene rings is 1. The lowest BCUT2D eigenvalue weighted by atomic mass is 10.1. The fraction of sp³-hybridized carbons (Fsp3) is 0.222. The molecule has 3 N–H and O–H groups in total. The average molecular weight is 478 g/mol. The van der Waals surface area contributed by atoms with Gasteiger partial charge in [-0.15, -0.1) is 21.5 Å². The minimum absolute atomic E-state index is 0.105. The summed E-state index contributed by atoms with van der Waals surface area (Å²) in [5, 5.41) is 19.5. The van der Waals surface area contributed by atoms with Crippen molar-refractivity contribution in [3.8, 4) is 5.69 Å². The highest BCUT2D eigenvalue weighted by Crippen LogP contribution is 2.25. The summed E-state index contributed by atoms with van der Waals surface area (Å²) in [7, 11) is 0. The van der Waals surface area contributed by atoms with Crippen LogP contribution in [-0.2, 0) is 16.0 Å². The minimum Gasteiger partial charge on any atom is -0.334 e. The molecule has 4 amide bonds. The predicted molar refractivity (Wildman–Crippen MR) is 117 cm³/mol. The minimum atomic E-state index is -0.535. The van der Waals surface area contributed by atoms with Crippen LogP contribution in [0.1, 0.15) is 12.2 Å². The molecule has 0 aliphatic carbocycles. The fourth-order valence-electron chi connectivity index (χ4n) is 2.96. The molecule has 3 heterocycles. The molecule has 10 nitrogen and oxygen atoms in total. The van der Waals surface area contributed by atoms with Gasteiger partial charge in [-0.25, -0.2) is 9.78 Å². The third kappa shape index (κ3) is 5.40. The molecule has 1 aliphatic rings. The second kappa shape index (κ2) is 9.45. The van der Waals surface area contributed by atoms with Crippen LogP contribution >= 0.6 is 34.7 Å². The van der Waals surface area contributed by atoms with Gasteiger partial charge in [0, 0.05) is 41.2 Å². The quantitative estimate of drug-likeness (QED) is 0.445. The number of carbonyl (C=O) groups excluding carboxylic acids is 3. The maximum Gasteiger partial charge on any atom is 0.321 e. The van der Waals surface area contributed by atoms with E-state index < -0.39 is 12.1 Å². The van der Waals surface area contributed by atoms with E-state index in [1.54, 1.807) is 40.4 Å². The van der Waals surface area contributed by atoms with E-state index >= 15 is 0 Å². The van der Waals surface area contributed by atoms with Crippen LogP contribution in [0.15, 0.2) is 41.0 Å². The van der Waals surface area contributed by atoms with Gasteiger partial charge in [-0.1, -0.05) is 23.4 Å². The lowest BCUT2D eigenvalue weighted by Gasteiger charge is -2.23. The van der Waals surface area contributed by atoms with E-state index in [1.165, 1.54) is 23.1 Å². The topological polar surface area (TPSA) is 131 Å². The van der Waals surface area contributed by atoms with E-state index in [2.05, 4.69) is 31.1 Å². The van der Waals surface area contributed by atoms with Crippen LogP contribution in [0.25, 0.3) is 5.69 Å². The first-order valence-corrected chi connectivity index (χ1v) is 11.3. The maximum absolute atomic E-state index is 12.2. The number of urea groups is 1. The lowest BCUT2D eigenvalue weighted by molar-refractivity contribution is -0.121. The number of nitrogens with one attached hydrogen (secondary N) is 3. The number of thioether (sulfide) groups is 1. The molecule has 3 aromatic rings. The van der Waals surface area contributed by atoms with Crippen LogP contribution < -0.4 is 16.0 Å². The number of nitrogens with zero attached hydrogens (tertiary/aromatic N) is 4. The first kappa shape index (κ1) is 21.3. The van der Waals surface area contributed by atoms with Crippen molar-refractivity contribution in [3.05, 3.63) is 46.7 Å². The summed E-state index contributed by atoms with van der Waals surface area (Å²) in [6, 6.07) is 6.14. The smallest absolute Gasteiger partial charge is 0.321 e. The highest BCUT2D eigenvalue weighted by molar-refractivity contribution is 7.99. The van der Waals surface area contributed by atoms with Crippen molar-refractivity contribution in [3.63, 3.8) is 0 Å². The van der Waals surface area contributed by atoms with E-state index in [1.807, 2.05) is 0 Å². The number of hydrogen-bond acceptors (Lipinski definition) is 8. The van der Waals surface area contributed by atoms with Gasteiger partial charge >= 0.3 is 6.03 Å². The second-order valence-corrected chi connectivity index (χ2v) is 8.79. The Bertz CT molecular complexity index is 1090. The zero-order valence-corrected chi connectivity index (χ0v) is 18.3. The summed E-state index contributed by atoms with van der Waals surface area (Å²) in [6.45, 7) is 0. The number of thiazole rings is 1. The molecular formula is C18H16ClN7O3S2. The van der Waals surface area contributed by atoms with Crippen LogP contribution in [0.3, 0.4) is 0 Å². The Kier molecular flexibility index (Phi) is 6.49. The number of rotatable bonds is 7. The summed E-state index contributed by atoms with van der Waals surface area (Å²) in [5.41, 5.74) is 0.749. The number of carbonyl (C=O) groups is 3. The Labute approximate surface area is 189 Å². The van der Waals surface area contributed by atoms with Crippen LogP contribution in [0, 0.1) is 0 Å². The molecule has 2 aromatic heterocycles. The van der Waals surface area contributed by atoms with Crippen molar-refractivity contribution in [2.45, 2.75) is 24.0 Å². The van der Waals surface area contributed by atoms with Crippen molar-refractivity contribution >= 4 is 57.7 Å². The third-order valence-electron chi connectivity index (χ3n) is 4.25. The SMILES string of the molecule is O=C1CC(Cc2nnc(SCC(=O)Nc3nccs3)n2-c2ccc(Cl)cc2)NC(=O)N1. The third-order valence-corrected chi connectivity index (χ3v) is 6.11. The molecule has 0 saturated carbocycles. The second-order valence-electron chi connectivity index (χ2n) is 6.51. The zero-order chi connectivity index (χ0) is 21.8. The molecule has 31 heavy (non-hydrogen) atoms. The Morgan fingerprint density at radius 3 is 2.81 bits per heavy atom. The van der Waals surface area contributed by atoms with Gasteiger partial charge in [-0.05, 0) is 24.3 Å². The molecular weight excluding hydrogens is 462 g/mol. The van der Waals surface area contributed by atoms with E-state index in [9.17, 15) is 14.4 Å². The molecule has 1 atom stereocenters. The van der Waals surface area contributed by atoms with Crippen molar-refractivity contribution in [1.29, 1.82) is 0 Å². The van der Waals surface area contributed by atoms with Gasteiger partial charge in [0.2, 0.25) is 11.8 Å². The molecule has 1 aliphatic heterocycles. The van der Waals surface area contributed by atoms with Crippen LogP contribution in [0.4, 0.5) is 9.93 Å². The zero-order valence-electron chi connectivity index (χ0n) is 15.9. The summed E-state index contributed by atoms with van der Waals surface area (Å²) in [5.74, 6) is 0.0849. The van der Waals surface area contributed by atoms with Crippen LogP contribution in [0.2, 0.25) is 5.02 Å². The highest BCUT2D eigenvalue weighted by atomic mass is 35.5. The monoisotopic (exact) mass is 477 g/mol. The highest BCUT2D eigenvalue weighted by Gasteiger charge is 2.27. The van der Waals surface area contributed by atoms with E-state index in [4.69, 9.17) is 11.6 Å². The van der Waals surface area contributed by atoms with Crippen molar-refractivity contribution in [2.24, 2.45) is 0 Å². The largest absolute Gasteiger partial charge is 0.334 e. The number of halogens is 1. The summed E-state index contributed by atoms with van der Waals surface area (Å²) < 4.78 is 1.79. The van der Waals surface area contributed by atoms with Gasteiger partial charge in [0.05, 0.1) is 5.75 Å². The molecule has 0 bridgehead atoms. The van der Waals surface area contributed by atoms with E-state index in [-0.39, 0.29) is 24.0 Å². The number of anilines is 1. The summed E-state index contributed by atoms with van der Waals surface area (Å²) in [4.78, 5) is 39.6. The van der Waals surface area contributed by atoms with Gasteiger partial charge in [0.15, 0.2) is 10.3 Å². The normalized spacial score (nSPS) is 16.0. The van der Waals surface area contributed by atoms with E-state index in [0.29, 0.717) is 27.6 Å². The maximum atomic E-state index is 12.2. The van der Waals surface area contributed by atoms with Crippen molar-refractivity contribution in [2.75, 3.05) is 11.1 Å². The van der Waals surface area contributed by atoms with Gasteiger partial charge in [0.1, 0.15) is 5.82 Å². The number of hydrogen-bond donors (Lipinski definition) is 3. The predicted octanol–water partition coefficient (Wildman–Crippen LogP) is 2.25. The van der Waals surface area contributed by atoms with Crippen LogP contribution in [-0.4, -0.2) is 49.4 Å². The van der Waals surface area contributed by atoms with Gasteiger partial charge in [-0.3, -0.25) is 19.5 Å². The Balaban J connectivity index is 1.54. The summed E-state index contributed by atoms with van der Waals surface area (Å²) in [6.07, 6.45) is 2.04. The molecule has 13 heteroatoms. The lowest BCUT2D eigenvalue weighted by Crippen LogP contribution is -2.53. The first-order chi connectivity index (χ1) is 15.0. The van der Waals surface area contributed by atoms with Crippen molar-refractivity contribution in [1.82, 2.24) is 30.4 Å². The Morgan fingerprint density at radius 1 is 1.29 bits per heavy atom. The summed E-state index contributed by atoms with van der Waals surface area (Å²) >= 11 is 8.56. The van der Waals surface area contributed by atoms with E-state index in [0.717, 1.165) is 5.69 Å². The van der Waals surface area contributed by atoms with Gasteiger partial charge < -0.3 is 10.6 Å². The average Bonchev–Trinajstić information content (AvgIpc) is 3.36. The number of amides is 4. The van der Waals surface area contributed by atoms with Gasteiger partial charge in [-0.2, -0.15) is 0 Å². The Morgan fingerprint density at radius 2 is 2.10 bits per heavy atom. The molecule has 1 unspecified atom stereocenters. The molecule has 0 spiro atoms. The number of imide groups is 1. The molecule has 0 radical (unpaired) electrons. The van der Waals surface area contributed by atoms with Crippen LogP contribution in [0.5, 0.6) is 0 Å². The molecule has 4 rings (SSSR count). The molecule has 1 aromatic carbocycles. The molecule has 1 saturated heterocycles.